The summed E-state index contributed by atoms with van der Waals surface area (Å²) in [5.74, 6) is -1.31. The lowest BCUT2D eigenvalue weighted by molar-refractivity contribution is 0.0596. The summed E-state index contributed by atoms with van der Waals surface area (Å²) in [6, 6.07) is 0. The van der Waals surface area contributed by atoms with Gasteiger partial charge in [-0.2, -0.15) is 0 Å². The van der Waals surface area contributed by atoms with Gasteiger partial charge in [0.05, 0.1) is 35.2 Å². The number of ether oxygens (including phenoxy) is 1. The Hall–Kier alpha value is -2.50. The van der Waals surface area contributed by atoms with Gasteiger partial charge in [-0.1, -0.05) is 77.6 Å². The summed E-state index contributed by atoms with van der Waals surface area (Å²) in [6.07, 6.45) is 16.5. The van der Waals surface area contributed by atoms with Gasteiger partial charge >= 0.3 is 5.97 Å². The van der Waals surface area contributed by atoms with Gasteiger partial charge in [0.25, 0.3) is 0 Å². The zero-order valence-corrected chi connectivity index (χ0v) is 20.8. The molecule has 6 nitrogen and oxygen atoms in total. The first-order valence-corrected chi connectivity index (χ1v) is 12.6. The standard InChI is InChI=1S/C27H40N2O4/c1-5-6-7-8-9-10-11-12-13-14-15-16-17-28-21-18-22(30)25-23(26(21)31)19(2)29-20(3)24(25)27(32)33-4/h18,28H,5-17H2,1-4H3. The maximum Gasteiger partial charge on any atom is 0.340 e. The fourth-order valence-electron chi connectivity index (χ4n) is 4.45. The molecule has 0 amide bonds. The number of carbonyl (C=O) groups excluding carboxylic acids is 3. The molecule has 0 saturated carbocycles. The number of hydrogen-bond donors (Lipinski definition) is 1. The molecule has 1 aromatic heterocycles. The Bertz CT molecular complexity index is 873. The van der Waals surface area contributed by atoms with E-state index in [-0.39, 0.29) is 34.0 Å². The van der Waals surface area contributed by atoms with Crippen molar-refractivity contribution in [2.45, 2.75) is 97.8 Å². The minimum Gasteiger partial charge on any atom is -0.465 e. The molecule has 0 aliphatic heterocycles. The second kappa shape index (κ2) is 13.9. The summed E-state index contributed by atoms with van der Waals surface area (Å²) >= 11 is 0. The number of fused-ring (bicyclic) bond motifs is 1. The van der Waals surface area contributed by atoms with Crippen molar-refractivity contribution in [2.24, 2.45) is 0 Å². The van der Waals surface area contributed by atoms with Gasteiger partial charge in [0, 0.05) is 18.3 Å². The molecule has 1 N–H and O–H groups in total. The number of aromatic nitrogens is 1. The van der Waals surface area contributed by atoms with Crippen LogP contribution in [0.15, 0.2) is 11.8 Å². The van der Waals surface area contributed by atoms with Gasteiger partial charge in [-0.05, 0) is 20.3 Å². The van der Waals surface area contributed by atoms with Crippen LogP contribution in [0.4, 0.5) is 0 Å². The number of ketones is 2. The zero-order chi connectivity index (χ0) is 24.2. The highest BCUT2D eigenvalue weighted by molar-refractivity contribution is 6.27. The molecule has 0 radical (unpaired) electrons. The first kappa shape index (κ1) is 26.7. The van der Waals surface area contributed by atoms with E-state index in [2.05, 4.69) is 17.2 Å². The number of Topliss-reactive ketones (excluding diaryl/α,β-unsaturated/α-hetero) is 1. The molecular formula is C27H40N2O4. The zero-order valence-electron chi connectivity index (χ0n) is 20.8. The quantitative estimate of drug-likeness (QED) is 0.256. The van der Waals surface area contributed by atoms with Crippen LogP contribution in [-0.2, 0) is 4.74 Å². The molecular weight excluding hydrogens is 416 g/mol. The van der Waals surface area contributed by atoms with Gasteiger partial charge in [0.2, 0.25) is 5.78 Å². The second-order valence-electron chi connectivity index (χ2n) is 8.97. The van der Waals surface area contributed by atoms with Crippen LogP contribution in [0.1, 0.15) is 126 Å². The third-order valence-corrected chi connectivity index (χ3v) is 6.29. The van der Waals surface area contributed by atoms with Crippen molar-refractivity contribution in [3.8, 4) is 0 Å². The number of rotatable bonds is 15. The van der Waals surface area contributed by atoms with E-state index in [0.717, 1.165) is 12.8 Å². The third kappa shape index (κ3) is 7.51. The van der Waals surface area contributed by atoms with E-state index >= 15 is 0 Å². The number of nitrogens with one attached hydrogen (secondary N) is 1. The lowest BCUT2D eigenvalue weighted by atomic mass is 9.87. The van der Waals surface area contributed by atoms with Crippen molar-refractivity contribution in [1.29, 1.82) is 0 Å². The smallest absolute Gasteiger partial charge is 0.340 e. The fourth-order valence-corrected chi connectivity index (χ4v) is 4.45. The van der Waals surface area contributed by atoms with Gasteiger partial charge < -0.3 is 10.1 Å². The van der Waals surface area contributed by atoms with Crippen LogP contribution < -0.4 is 5.32 Å². The van der Waals surface area contributed by atoms with E-state index in [0.29, 0.717) is 17.9 Å². The molecule has 6 heteroatoms. The minimum atomic E-state index is -0.654. The number of hydrogen-bond acceptors (Lipinski definition) is 6. The average molecular weight is 457 g/mol. The molecule has 0 spiro atoms. The Morgan fingerprint density at radius 3 is 1.94 bits per heavy atom. The molecule has 0 aromatic carbocycles. The number of methoxy groups -OCH3 is 1. The van der Waals surface area contributed by atoms with E-state index in [4.69, 9.17) is 4.74 Å². The minimum absolute atomic E-state index is 0.0766. The lowest BCUT2D eigenvalue weighted by Gasteiger charge is -2.21. The average Bonchev–Trinajstić information content (AvgIpc) is 2.79. The molecule has 0 bridgehead atoms. The molecule has 1 aliphatic rings. The highest BCUT2D eigenvalue weighted by Crippen LogP contribution is 2.28. The normalized spacial score (nSPS) is 13.0. The predicted molar refractivity (Wildman–Crippen MR) is 131 cm³/mol. The van der Waals surface area contributed by atoms with Gasteiger partial charge in [-0.3, -0.25) is 14.6 Å². The summed E-state index contributed by atoms with van der Waals surface area (Å²) < 4.78 is 4.81. The van der Waals surface area contributed by atoms with E-state index in [9.17, 15) is 14.4 Å². The Kier molecular flexibility index (Phi) is 11.3. The van der Waals surface area contributed by atoms with Crippen LogP contribution >= 0.6 is 0 Å². The molecule has 182 valence electrons. The second-order valence-corrected chi connectivity index (χ2v) is 8.97. The molecule has 0 saturated heterocycles. The number of allylic oxidation sites excluding steroid dienone is 2. The van der Waals surface area contributed by atoms with Crippen molar-refractivity contribution < 1.29 is 19.1 Å². The lowest BCUT2D eigenvalue weighted by Crippen LogP contribution is -2.30. The summed E-state index contributed by atoms with van der Waals surface area (Å²) in [4.78, 5) is 42.4. The largest absolute Gasteiger partial charge is 0.465 e. The van der Waals surface area contributed by atoms with Gasteiger partial charge in [0.1, 0.15) is 0 Å². The van der Waals surface area contributed by atoms with Crippen molar-refractivity contribution in [2.75, 3.05) is 13.7 Å². The van der Waals surface area contributed by atoms with Crippen LogP contribution in [0, 0.1) is 13.8 Å². The van der Waals surface area contributed by atoms with Crippen molar-refractivity contribution in [1.82, 2.24) is 10.3 Å². The molecule has 2 rings (SSSR count). The maximum atomic E-state index is 13.0. The number of esters is 1. The summed E-state index contributed by atoms with van der Waals surface area (Å²) in [5, 5.41) is 3.13. The number of aryl methyl sites for hydroxylation is 2. The molecule has 1 aromatic rings. The SMILES string of the molecule is CCCCCCCCCCCCCCNC1=CC(=O)c2c(C(=O)OC)c(C)nc(C)c2C1=O. The predicted octanol–water partition coefficient (Wildman–Crippen LogP) is 6.04. The van der Waals surface area contributed by atoms with Crippen LogP contribution in [0.3, 0.4) is 0 Å². The summed E-state index contributed by atoms with van der Waals surface area (Å²) in [7, 11) is 1.25. The van der Waals surface area contributed by atoms with Crippen molar-refractivity contribution in [3.05, 3.63) is 39.9 Å². The van der Waals surface area contributed by atoms with Crippen LogP contribution in [-0.4, -0.2) is 36.2 Å². The Morgan fingerprint density at radius 2 is 1.39 bits per heavy atom. The van der Waals surface area contributed by atoms with E-state index in [1.54, 1.807) is 13.8 Å². The van der Waals surface area contributed by atoms with Gasteiger partial charge in [-0.25, -0.2) is 4.79 Å². The molecule has 0 fully saturated rings. The highest BCUT2D eigenvalue weighted by Gasteiger charge is 2.33. The first-order chi connectivity index (χ1) is 15.9. The van der Waals surface area contributed by atoms with Crippen LogP contribution in [0.25, 0.3) is 0 Å². The van der Waals surface area contributed by atoms with Crippen molar-refractivity contribution in [3.63, 3.8) is 0 Å². The number of pyridine rings is 1. The molecule has 33 heavy (non-hydrogen) atoms. The number of carbonyl (C=O) groups is 3. The molecule has 1 aliphatic carbocycles. The third-order valence-electron chi connectivity index (χ3n) is 6.29. The highest BCUT2D eigenvalue weighted by atomic mass is 16.5. The van der Waals surface area contributed by atoms with E-state index in [1.807, 2.05) is 0 Å². The monoisotopic (exact) mass is 456 g/mol. The van der Waals surface area contributed by atoms with Crippen LogP contribution in [0.2, 0.25) is 0 Å². The fraction of sp³-hybridized carbons (Fsp3) is 0.630. The van der Waals surface area contributed by atoms with Gasteiger partial charge in [-0.15, -0.1) is 0 Å². The summed E-state index contributed by atoms with van der Waals surface area (Å²) in [6.45, 7) is 6.22. The van der Waals surface area contributed by atoms with E-state index in [1.165, 1.54) is 77.4 Å². The van der Waals surface area contributed by atoms with E-state index < -0.39 is 5.97 Å². The van der Waals surface area contributed by atoms with Crippen LogP contribution in [0.5, 0.6) is 0 Å². The number of nitrogens with zero attached hydrogens (tertiary/aromatic N) is 1. The summed E-state index contributed by atoms with van der Waals surface area (Å²) in [5.41, 5.74) is 1.50. The molecule has 1 heterocycles. The first-order valence-electron chi connectivity index (χ1n) is 12.6. The Labute approximate surface area is 198 Å². The van der Waals surface area contributed by atoms with Crippen molar-refractivity contribution >= 4 is 17.5 Å². The van der Waals surface area contributed by atoms with Gasteiger partial charge in [0.15, 0.2) is 5.78 Å². The Balaban J connectivity index is 1.77. The number of unbranched alkanes of at least 4 members (excludes halogenated alkanes) is 11. The maximum absolute atomic E-state index is 13.0. The molecule has 0 atom stereocenters. The Morgan fingerprint density at radius 1 is 0.848 bits per heavy atom. The molecule has 0 unspecified atom stereocenters. The topological polar surface area (TPSA) is 85.4 Å².